The highest BCUT2D eigenvalue weighted by Gasteiger charge is 2.10. The summed E-state index contributed by atoms with van der Waals surface area (Å²) < 4.78 is 5.30. The predicted molar refractivity (Wildman–Crippen MR) is 51.5 cm³/mol. The first kappa shape index (κ1) is 9.36. The third-order valence-electron chi connectivity index (χ3n) is 2.06. The number of benzene rings is 1. The van der Waals surface area contributed by atoms with Gasteiger partial charge in [-0.05, 0) is 23.6 Å². The van der Waals surface area contributed by atoms with Crippen molar-refractivity contribution in [3.05, 3.63) is 29.3 Å². The van der Waals surface area contributed by atoms with Crippen molar-refractivity contribution in [2.45, 2.75) is 13.0 Å². The van der Waals surface area contributed by atoms with Gasteiger partial charge in [-0.25, -0.2) is 0 Å². The van der Waals surface area contributed by atoms with E-state index >= 15 is 0 Å². The summed E-state index contributed by atoms with van der Waals surface area (Å²) in [5.41, 5.74) is 9.22. The fraction of sp³-hybridized carbons (Fsp3) is 0.333. The van der Waals surface area contributed by atoms with Gasteiger partial charge in [0.1, 0.15) is 0 Å². The highest BCUT2D eigenvalue weighted by Crippen LogP contribution is 2.21. The van der Waals surface area contributed by atoms with Gasteiger partial charge in [0.2, 0.25) is 0 Å². The second-order valence-electron chi connectivity index (χ2n) is 2.79. The molecule has 0 atom stereocenters. The van der Waals surface area contributed by atoms with Crippen LogP contribution in [0.4, 0.5) is 5.69 Å². The molecule has 0 fully saturated rings. The number of hydrogen-bond donors (Lipinski definition) is 1. The molecule has 3 heteroatoms. The first-order valence-electron chi connectivity index (χ1n) is 3.82. The maximum atomic E-state index is 5.79. The lowest BCUT2D eigenvalue weighted by Crippen LogP contribution is -2.11. The summed E-state index contributed by atoms with van der Waals surface area (Å²) in [6.45, 7) is 1.53. The minimum Gasteiger partial charge on any atom is -0.398 e. The van der Waals surface area contributed by atoms with Gasteiger partial charge in [0.25, 0.3) is 0 Å². The van der Waals surface area contributed by atoms with Crippen molar-refractivity contribution in [2.24, 2.45) is 0 Å². The van der Waals surface area contributed by atoms with Crippen LogP contribution >= 0.6 is 12.4 Å². The van der Waals surface area contributed by atoms with Crippen LogP contribution < -0.4 is 5.73 Å². The minimum atomic E-state index is 0. The first-order valence-corrected chi connectivity index (χ1v) is 3.82. The number of ether oxygens (including phenoxy) is 1. The summed E-state index contributed by atoms with van der Waals surface area (Å²) in [4.78, 5) is 0. The average Bonchev–Trinajstić information content (AvgIpc) is 2.06. The molecule has 0 radical (unpaired) electrons. The lowest BCUT2D eigenvalue weighted by Gasteiger charge is -2.17. The van der Waals surface area contributed by atoms with Gasteiger partial charge in [0.05, 0.1) is 13.2 Å². The fourth-order valence-electron chi connectivity index (χ4n) is 1.45. The molecule has 1 aliphatic rings. The van der Waals surface area contributed by atoms with Crippen LogP contribution in [0.3, 0.4) is 0 Å². The van der Waals surface area contributed by atoms with E-state index in [1.807, 2.05) is 12.1 Å². The van der Waals surface area contributed by atoms with Crippen LogP contribution in [0.25, 0.3) is 0 Å². The quantitative estimate of drug-likeness (QED) is 0.626. The molecular formula is C9H12ClNO. The SMILES string of the molecule is Cl.Nc1cccc2c1CCOC2. The largest absolute Gasteiger partial charge is 0.398 e. The van der Waals surface area contributed by atoms with E-state index in [1.165, 1.54) is 11.1 Å². The number of nitrogens with two attached hydrogens (primary N) is 1. The van der Waals surface area contributed by atoms with Crippen molar-refractivity contribution in [3.8, 4) is 0 Å². The van der Waals surface area contributed by atoms with Crippen LogP contribution in [0.1, 0.15) is 11.1 Å². The Hall–Kier alpha value is -0.730. The zero-order valence-corrected chi connectivity index (χ0v) is 7.56. The highest BCUT2D eigenvalue weighted by molar-refractivity contribution is 5.85. The molecule has 2 rings (SSSR count). The zero-order chi connectivity index (χ0) is 7.68. The number of fused-ring (bicyclic) bond motifs is 1. The van der Waals surface area contributed by atoms with Crippen LogP contribution in [0, 0.1) is 0 Å². The first-order chi connectivity index (χ1) is 5.38. The van der Waals surface area contributed by atoms with Crippen molar-refractivity contribution in [1.82, 2.24) is 0 Å². The molecule has 0 amide bonds. The Balaban J connectivity index is 0.000000720. The summed E-state index contributed by atoms with van der Waals surface area (Å²) in [6.07, 6.45) is 0.960. The summed E-state index contributed by atoms with van der Waals surface area (Å²) >= 11 is 0. The van der Waals surface area contributed by atoms with Crippen LogP contribution in [0.5, 0.6) is 0 Å². The van der Waals surface area contributed by atoms with E-state index in [4.69, 9.17) is 10.5 Å². The third kappa shape index (κ3) is 1.54. The van der Waals surface area contributed by atoms with Gasteiger partial charge < -0.3 is 10.5 Å². The highest BCUT2D eigenvalue weighted by atomic mass is 35.5. The molecule has 66 valence electrons. The van der Waals surface area contributed by atoms with Crippen molar-refractivity contribution in [2.75, 3.05) is 12.3 Å². The fourth-order valence-corrected chi connectivity index (χ4v) is 1.45. The predicted octanol–water partition coefficient (Wildman–Crippen LogP) is 1.76. The summed E-state index contributed by atoms with van der Waals surface area (Å²) in [5.74, 6) is 0. The molecule has 12 heavy (non-hydrogen) atoms. The molecular weight excluding hydrogens is 174 g/mol. The molecule has 0 aliphatic carbocycles. The van der Waals surface area contributed by atoms with Crippen LogP contribution in [-0.4, -0.2) is 6.61 Å². The second kappa shape index (κ2) is 3.78. The van der Waals surface area contributed by atoms with Gasteiger partial charge in [0.15, 0.2) is 0 Å². The van der Waals surface area contributed by atoms with Crippen LogP contribution in [-0.2, 0) is 17.8 Å². The minimum absolute atomic E-state index is 0. The van der Waals surface area contributed by atoms with E-state index in [0.717, 1.165) is 25.3 Å². The van der Waals surface area contributed by atoms with Gasteiger partial charge in [-0.2, -0.15) is 0 Å². The second-order valence-corrected chi connectivity index (χ2v) is 2.79. The maximum absolute atomic E-state index is 5.79. The molecule has 1 aromatic carbocycles. The zero-order valence-electron chi connectivity index (χ0n) is 6.75. The lowest BCUT2D eigenvalue weighted by atomic mass is 10.0. The normalized spacial score (nSPS) is 14.7. The lowest BCUT2D eigenvalue weighted by molar-refractivity contribution is 0.111. The Morgan fingerprint density at radius 3 is 2.92 bits per heavy atom. The van der Waals surface area contributed by atoms with E-state index < -0.39 is 0 Å². The Bertz CT molecular complexity index is 275. The molecule has 1 heterocycles. The molecule has 0 saturated carbocycles. The molecule has 1 aliphatic heterocycles. The molecule has 0 bridgehead atoms. The Morgan fingerprint density at radius 2 is 2.17 bits per heavy atom. The Labute approximate surface area is 78.1 Å². The van der Waals surface area contributed by atoms with E-state index in [-0.39, 0.29) is 12.4 Å². The van der Waals surface area contributed by atoms with E-state index in [2.05, 4.69) is 6.07 Å². The molecule has 0 unspecified atom stereocenters. The average molecular weight is 186 g/mol. The topological polar surface area (TPSA) is 35.2 Å². The van der Waals surface area contributed by atoms with E-state index in [9.17, 15) is 0 Å². The van der Waals surface area contributed by atoms with Crippen LogP contribution in [0.2, 0.25) is 0 Å². The molecule has 0 spiro atoms. The number of anilines is 1. The molecule has 2 N–H and O–H groups in total. The van der Waals surface area contributed by atoms with Gasteiger partial charge in [0, 0.05) is 5.69 Å². The maximum Gasteiger partial charge on any atom is 0.0720 e. The van der Waals surface area contributed by atoms with Crippen LogP contribution in [0.15, 0.2) is 18.2 Å². The van der Waals surface area contributed by atoms with Crippen molar-refractivity contribution in [1.29, 1.82) is 0 Å². The van der Waals surface area contributed by atoms with Crippen molar-refractivity contribution in [3.63, 3.8) is 0 Å². The summed E-state index contributed by atoms with van der Waals surface area (Å²) in [6, 6.07) is 6.00. The van der Waals surface area contributed by atoms with E-state index in [0.29, 0.717) is 0 Å². The van der Waals surface area contributed by atoms with Crippen molar-refractivity contribution < 1.29 is 4.74 Å². The third-order valence-corrected chi connectivity index (χ3v) is 2.06. The number of nitrogen functional groups attached to an aromatic ring is 1. The van der Waals surface area contributed by atoms with E-state index in [1.54, 1.807) is 0 Å². The summed E-state index contributed by atoms with van der Waals surface area (Å²) in [7, 11) is 0. The van der Waals surface area contributed by atoms with Crippen molar-refractivity contribution >= 4 is 18.1 Å². The Kier molecular flexibility index (Phi) is 2.95. The van der Waals surface area contributed by atoms with Gasteiger partial charge >= 0.3 is 0 Å². The molecule has 2 nitrogen and oxygen atoms in total. The standard InChI is InChI=1S/C9H11NO.ClH/c10-9-3-1-2-7-6-11-5-4-8(7)9;/h1-3H,4-6,10H2;1H. The number of rotatable bonds is 0. The van der Waals surface area contributed by atoms with Gasteiger partial charge in [-0.1, -0.05) is 12.1 Å². The number of halogens is 1. The monoisotopic (exact) mass is 185 g/mol. The summed E-state index contributed by atoms with van der Waals surface area (Å²) in [5, 5.41) is 0. The van der Waals surface area contributed by atoms with Gasteiger partial charge in [-0.15, -0.1) is 12.4 Å². The molecule has 0 saturated heterocycles. The Morgan fingerprint density at radius 1 is 1.33 bits per heavy atom. The number of hydrogen-bond acceptors (Lipinski definition) is 2. The smallest absolute Gasteiger partial charge is 0.0720 e. The molecule has 1 aromatic rings. The molecule has 0 aromatic heterocycles. The van der Waals surface area contributed by atoms with Gasteiger partial charge in [-0.3, -0.25) is 0 Å².